The second kappa shape index (κ2) is 6.04. The van der Waals surface area contributed by atoms with Gasteiger partial charge in [0.05, 0.1) is 16.0 Å². The van der Waals surface area contributed by atoms with E-state index in [2.05, 4.69) is 5.32 Å². The molecule has 2 unspecified atom stereocenters. The van der Waals surface area contributed by atoms with E-state index in [9.17, 15) is 21.6 Å². The minimum atomic E-state index is -5.38. The molecule has 8 heteroatoms. The van der Waals surface area contributed by atoms with Gasteiger partial charge < -0.3 is 5.32 Å². The first-order valence-electron chi connectivity index (χ1n) is 6.54. The first-order valence-corrected chi connectivity index (χ1v) is 8.46. The van der Waals surface area contributed by atoms with Crippen LogP contribution in [0.25, 0.3) is 0 Å². The van der Waals surface area contributed by atoms with Gasteiger partial charge in [-0.25, -0.2) is 8.42 Å². The monoisotopic (exact) mass is 341 g/mol. The van der Waals surface area contributed by atoms with Gasteiger partial charge in [0, 0.05) is 6.04 Å². The molecule has 0 heterocycles. The highest BCUT2D eigenvalue weighted by molar-refractivity contribution is 7.92. The zero-order chi connectivity index (χ0) is 15.7. The standard InChI is InChI=1S/C13H15ClF3NO2S/c14-9-5-1-2-6-10(9)18-11-7-3-4-8-12(11)21(19,20)13(15,16)17/h3-4,7-10,18H,1-2,5-6H2. The van der Waals surface area contributed by atoms with Crippen LogP contribution in [0.15, 0.2) is 29.2 Å². The second-order valence-electron chi connectivity index (χ2n) is 5.00. The van der Waals surface area contributed by atoms with Gasteiger partial charge in [0.15, 0.2) is 0 Å². The Labute approximate surface area is 126 Å². The largest absolute Gasteiger partial charge is 0.501 e. The number of anilines is 1. The van der Waals surface area contributed by atoms with Gasteiger partial charge in [-0.2, -0.15) is 13.2 Å². The highest BCUT2D eigenvalue weighted by Gasteiger charge is 2.48. The van der Waals surface area contributed by atoms with Crippen molar-refractivity contribution in [1.29, 1.82) is 0 Å². The first kappa shape index (κ1) is 16.4. The summed E-state index contributed by atoms with van der Waals surface area (Å²) in [5.74, 6) is 0. The van der Waals surface area contributed by atoms with Crippen molar-refractivity contribution < 1.29 is 21.6 Å². The van der Waals surface area contributed by atoms with Crippen LogP contribution in [0.1, 0.15) is 25.7 Å². The third kappa shape index (κ3) is 3.45. The fourth-order valence-electron chi connectivity index (χ4n) is 2.39. The molecule has 3 nitrogen and oxygen atoms in total. The van der Waals surface area contributed by atoms with E-state index in [0.717, 1.165) is 25.3 Å². The number of hydrogen-bond donors (Lipinski definition) is 1. The molecule has 2 atom stereocenters. The number of sulfone groups is 1. The lowest BCUT2D eigenvalue weighted by molar-refractivity contribution is -0.0435. The van der Waals surface area contributed by atoms with E-state index < -0.39 is 20.2 Å². The van der Waals surface area contributed by atoms with Crippen molar-refractivity contribution in [2.75, 3.05) is 5.32 Å². The summed E-state index contributed by atoms with van der Waals surface area (Å²) in [6.07, 6.45) is 3.34. The summed E-state index contributed by atoms with van der Waals surface area (Å²) in [6.45, 7) is 0. The van der Waals surface area contributed by atoms with E-state index in [1.807, 2.05) is 0 Å². The van der Waals surface area contributed by atoms with Crippen LogP contribution < -0.4 is 5.32 Å². The molecule has 1 saturated carbocycles. The molecule has 0 aliphatic heterocycles. The molecule has 0 saturated heterocycles. The van der Waals surface area contributed by atoms with Gasteiger partial charge in [-0.3, -0.25) is 0 Å². The Balaban J connectivity index is 2.34. The molecule has 0 amide bonds. The van der Waals surface area contributed by atoms with Crippen molar-refractivity contribution in [3.8, 4) is 0 Å². The van der Waals surface area contributed by atoms with Crippen molar-refractivity contribution in [3.05, 3.63) is 24.3 Å². The van der Waals surface area contributed by atoms with E-state index in [-0.39, 0.29) is 17.1 Å². The summed E-state index contributed by atoms with van der Waals surface area (Å²) >= 11 is 6.15. The van der Waals surface area contributed by atoms with Crippen LogP contribution in [0.2, 0.25) is 0 Å². The predicted molar refractivity (Wildman–Crippen MR) is 75.2 cm³/mol. The Morgan fingerprint density at radius 3 is 2.38 bits per heavy atom. The third-order valence-corrected chi connectivity index (χ3v) is 5.57. The molecule has 0 spiro atoms. The Morgan fingerprint density at radius 1 is 1.14 bits per heavy atom. The molecule has 0 bridgehead atoms. The quantitative estimate of drug-likeness (QED) is 0.847. The number of para-hydroxylation sites is 1. The van der Waals surface area contributed by atoms with Crippen LogP contribution in [0.3, 0.4) is 0 Å². The molecule has 1 N–H and O–H groups in total. The number of benzene rings is 1. The van der Waals surface area contributed by atoms with Crippen molar-refractivity contribution in [1.82, 2.24) is 0 Å². The molecule has 1 aromatic rings. The van der Waals surface area contributed by atoms with Gasteiger partial charge in [0.25, 0.3) is 9.84 Å². The minimum Gasteiger partial charge on any atom is -0.380 e. The summed E-state index contributed by atoms with van der Waals surface area (Å²) < 4.78 is 61.3. The van der Waals surface area contributed by atoms with E-state index in [4.69, 9.17) is 11.6 Å². The molecule has 0 aromatic heterocycles. The first-order chi connectivity index (χ1) is 9.73. The molecule has 1 fully saturated rings. The van der Waals surface area contributed by atoms with Gasteiger partial charge >= 0.3 is 5.51 Å². The summed E-state index contributed by atoms with van der Waals surface area (Å²) in [5, 5.41) is 2.64. The summed E-state index contributed by atoms with van der Waals surface area (Å²) in [7, 11) is -5.38. The summed E-state index contributed by atoms with van der Waals surface area (Å²) in [5.41, 5.74) is -5.37. The molecule has 118 valence electrons. The normalized spacial score (nSPS) is 23.8. The highest BCUT2D eigenvalue weighted by Crippen LogP contribution is 2.35. The SMILES string of the molecule is O=S(=O)(c1ccccc1NC1CCCCC1Cl)C(F)(F)F. The van der Waals surface area contributed by atoms with Crippen molar-refractivity contribution >= 4 is 27.1 Å². The molecule has 0 radical (unpaired) electrons. The van der Waals surface area contributed by atoms with E-state index in [0.29, 0.717) is 6.42 Å². The zero-order valence-electron chi connectivity index (χ0n) is 11.0. The zero-order valence-corrected chi connectivity index (χ0v) is 12.6. The predicted octanol–water partition coefficient (Wildman–Crippen LogP) is 3.94. The highest BCUT2D eigenvalue weighted by atomic mass is 35.5. The lowest BCUT2D eigenvalue weighted by Gasteiger charge is -2.29. The van der Waals surface area contributed by atoms with Crippen molar-refractivity contribution in [2.45, 2.75) is 47.5 Å². The van der Waals surface area contributed by atoms with E-state index >= 15 is 0 Å². The average molecular weight is 342 g/mol. The van der Waals surface area contributed by atoms with Gasteiger partial charge in [-0.15, -0.1) is 11.6 Å². The van der Waals surface area contributed by atoms with Crippen molar-refractivity contribution in [2.24, 2.45) is 0 Å². The fraction of sp³-hybridized carbons (Fsp3) is 0.538. The third-order valence-electron chi connectivity index (χ3n) is 3.50. The Bertz CT molecular complexity index is 604. The Morgan fingerprint density at radius 2 is 1.76 bits per heavy atom. The fourth-order valence-corrected chi connectivity index (χ4v) is 3.66. The van der Waals surface area contributed by atoms with Crippen LogP contribution in [0.4, 0.5) is 18.9 Å². The molecule has 2 rings (SSSR count). The topological polar surface area (TPSA) is 46.2 Å². The van der Waals surface area contributed by atoms with Gasteiger partial charge in [-0.1, -0.05) is 25.0 Å². The smallest absolute Gasteiger partial charge is 0.380 e. The Kier molecular flexibility index (Phi) is 4.72. The maximum absolute atomic E-state index is 12.7. The lowest BCUT2D eigenvalue weighted by atomic mass is 9.95. The number of halogens is 4. The van der Waals surface area contributed by atoms with Crippen LogP contribution in [0.5, 0.6) is 0 Å². The Hall–Kier alpha value is -0.950. The van der Waals surface area contributed by atoms with Gasteiger partial charge in [-0.05, 0) is 25.0 Å². The van der Waals surface area contributed by atoms with Crippen LogP contribution in [-0.4, -0.2) is 25.3 Å². The average Bonchev–Trinajstić information content (AvgIpc) is 2.40. The summed E-state index contributed by atoms with van der Waals surface area (Å²) in [4.78, 5) is -0.757. The van der Waals surface area contributed by atoms with Crippen LogP contribution in [0, 0.1) is 0 Å². The van der Waals surface area contributed by atoms with Gasteiger partial charge in [0.2, 0.25) is 0 Å². The van der Waals surface area contributed by atoms with Crippen LogP contribution >= 0.6 is 11.6 Å². The van der Waals surface area contributed by atoms with Crippen LogP contribution in [-0.2, 0) is 9.84 Å². The number of nitrogens with one attached hydrogen (secondary N) is 1. The summed E-state index contributed by atoms with van der Waals surface area (Å²) in [6, 6.07) is 4.81. The molecule has 1 aromatic carbocycles. The second-order valence-corrected chi connectivity index (χ2v) is 7.47. The number of rotatable bonds is 3. The van der Waals surface area contributed by atoms with Crippen molar-refractivity contribution in [3.63, 3.8) is 0 Å². The molecular formula is C13H15ClF3NO2S. The molecular weight excluding hydrogens is 327 g/mol. The molecule has 1 aliphatic carbocycles. The van der Waals surface area contributed by atoms with E-state index in [1.54, 1.807) is 0 Å². The minimum absolute atomic E-state index is 0.0487. The molecule has 1 aliphatic rings. The molecule has 21 heavy (non-hydrogen) atoms. The maximum Gasteiger partial charge on any atom is 0.501 e. The number of hydrogen-bond acceptors (Lipinski definition) is 3. The lowest BCUT2D eigenvalue weighted by Crippen LogP contribution is -2.34. The van der Waals surface area contributed by atoms with E-state index in [1.165, 1.54) is 18.2 Å². The van der Waals surface area contributed by atoms with Gasteiger partial charge in [0.1, 0.15) is 0 Å². The maximum atomic E-state index is 12.7. The number of alkyl halides is 4.